The number of nitrogens with zero attached hydrogens (tertiary/aromatic N) is 5. The number of amides is 2. The Labute approximate surface area is 192 Å². The third-order valence-electron chi connectivity index (χ3n) is 5.41. The first kappa shape index (κ1) is 22.1. The quantitative estimate of drug-likeness (QED) is 0.616. The van der Waals surface area contributed by atoms with E-state index in [1.54, 1.807) is 35.5 Å². The van der Waals surface area contributed by atoms with Crippen LogP contribution in [0.1, 0.15) is 19.4 Å². The van der Waals surface area contributed by atoms with Gasteiger partial charge in [-0.25, -0.2) is 14.8 Å². The van der Waals surface area contributed by atoms with Crippen LogP contribution >= 0.6 is 0 Å². The number of rotatable bonds is 6. The molecule has 2 heterocycles. The largest absolute Gasteiger partial charge is 0.490 e. The van der Waals surface area contributed by atoms with Gasteiger partial charge in [-0.3, -0.25) is 0 Å². The lowest BCUT2D eigenvalue weighted by atomic mass is 10.2. The zero-order valence-electron chi connectivity index (χ0n) is 18.7. The predicted molar refractivity (Wildman–Crippen MR) is 126 cm³/mol. The Balaban J connectivity index is 1.47. The van der Waals surface area contributed by atoms with Crippen molar-refractivity contribution in [3.8, 4) is 17.6 Å². The van der Waals surface area contributed by atoms with Crippen molar-refractivity contribution in [1.29, 1.82) is 5.26 Å². The highest BCUT2D eigenvalue weighted by Gasteiger charge is 2.24. The highest BCUT2D eigenvalue weighted by atomic mass is 16.5. The number of fused-ring (bicyclic) bond motifs is 1. The highest BCUT2D eigenvalue weighted by Crippen LogP contribution is 2.35. The van der Waals surface area contributed by atoms with E-state index in [0.29, 0.717) is 62.1 Å². The first-order valence-electron chi connectivity index (χ1n) is 11.0. The first-order chi connectivity index (χ1) is 16.1. The van der Waals surface area contributed by atoms with Crippen molar-refractivity contribution in [2.75, 3.05) is 49.6 Å². The van der Waals surface area contributed by atoms with E-state index in [9.17, 15) is 4.79 Å². The molecule has 0 spiro atoms. The fraction of sp³-hybridized carbons (Fsp3) is 0.333. The number of carbonyl (C=O) groups excluding carboxylic acids is 1. The molecule has 1 aliphatic heterocycles. The normalized spacial score (nSPS) is 13.5. The molecule has 1 aliphatic rings. The molecular formula is C24H26N6O3. The van der Waals surface area contributed by atoms with Crippen LogP contribution in [-0.2, 0) is 0 Å². The van der Waals surface area contributed by atoms with Crippen LogP contribution in [0, 0.1) is 11.3 Å². The maximum absolute atomic E-state index is 12.7. The highest BCUT2D eigenvalue weighted by molar-refractivity contribution is 5.92. The van der Waals surface area contributed by atoms with Crippen molar-refractivity contribution in [3.63, 3.8) is 0 Å². The van der Waals surface area contributed by atoms with Gasteiger partial charge in [0.05, 0.1) is 30.4 Å². The minimum absolute atomic E-state index is 0.160. The minimum Gasteiger partial charge on any atom is -0.490 e. The van der Waals surface area contributed by atoms with Crippen molar-refractivity contribution >= 4 is 28.4 Å². The fourth-order valence-corrected chi connectivity index (χ4v) is 3.79. The van der Waals surface area contributed by atoms with Crippen molar-refractivity contribution in [2.45, 2.75) is 13.8 Å². The van der Waals surface area contributed by atoms with Gasteiger partial charge in [-0.05, 0) is 44.2 Å². The fourth-order valence-electron chi connectivity index (χ4n) is 3.79. The van der Waals surface area contributed by atoms with Gasteiger partial charge in [-0.2, -0.15) is 5.26 Å². The summed E-state index contributed by atoms with van der Waals surface area (Å²) in [7, 11) is 0. The van der Waals surface area contributed by atoms with E-state index in [2.05, 4.69) is 26.3 Å². The second-order valence-electron chi connectivity index (χ2n) is 7.47. The van der Waals surface area contributed by atoms with Gasteiger partial charge in [0.25, 0.3) is 0 Å². The zero-order valence-corrected chi connectivity index (χ0v) is 18.7. The molecular weight excluding hydrogens is 420 g/mol. The lowest BCUT2D eigenvalue weighted by Crippen LogP contribution is -2.50. The SMILES string of the molecule is CCOc1cc2ncnc(N3CCN(C(=O)Nc4ccc(C#N)cc4)CC3)c2cc1OCC. The zero-order chi connectivity index (χ0) is 23.2. The summed E-state index contributed by atoms with van der Waals surface area (Å²) in [6.07, 6.45) is 1.55. The Kier molecular flexibility index (Phi) is 6.74. The van der Waals surface area contributed by atoms with Gasteiger partial charge in [0.1, 0.15) is 12.1 Å². The average Bonchev–Trinajstić information content (AvgIpc) is 2.85. The van der Waals surface area contributed by atoms with E-state index < -0.39 is 0 Å². The molecule has 0 aliphatic carbocycles. The summed E-state index contributed by atoms with van der Waals surface area (Å²) in [6.45, 7) is 7.34. The van der Waals surface area contributed by atoms with Gasteiger partial charge < -0.3 is 24.6 Å². The van der Waals surface area contributed by atoms with Crippen LogP contribution in [0.4, 0.5) is 16.3 Å². The number of hydrogen-bond acceptors (Lipinski definition) is 7. The van der Waals surface area contributed by atoms with Gasteiger partial charge in [0.2, 0.25) is 0 Å². The molecule has 9 nitrogen and oxygen atoms in total. The van der Waals surface area contributed by atoms with E-state index in [-0.39, 0.29) is 6.03 Å². The summed E-state index contributed by atoms with van der Waals surface area (Å²) in [5.74, 6) is 2.15. The lowest BCUT2D eigenvalue weighted by Gasteiger charge is -2.35. The number of ether oxygens (including phenoxy) is 2. The van der Waals surface area contributed by atoms with Gasteiger partial charge in [0, 0.05) is 43.3 Å². The van der Waals surface area contributed by atoms with Crippen molar-refractivity contribution in [3.05, 3.63) is 48.3 Å². The topological polar surface area (TPSA) is 104 Å². The Morgan fingerprint density at radius 2 is 1.70 bits per heavy atom. The van der Waals surface area contributed by atoms with Gasteiger partial charge >= 0.3 is 6.03 Å². The molecule has 2 aromatic carbocycles. The molecule has 1 saturated heterocycles. The lowest BCUT2D eigenvalue weighted by molar-refractivity contribution is 0.208. The number of nitrogens with one attached hydrogen (secondary N) is 1. The van der Waals surface area contributed by atoms with E-state index in [1.165, 1.54) is 0 Å². The summed E-state index contributed by atoms with van der Waals surface area (Å²) in [4.78, 5) is 25.6. The summed E-state index contributed by atoms with van der Waals surface area (Å²) in [6, 6.07) is 12.5. The molecule has 1 N–H and O–H groups in total. The molecule has 4 rings (SSSR count). The number of hydrogen-bond donors (Lipinski definition) is 1. The molecule has 33 heavy (non-hydrogen) atoms. The predicted octanol–water partition coefficient (Wildman–Crippen LogP) is 3.65. The van der Waals surface area contributed by atoms with Crippen LogP contribution < -0.4 is 19.7 Å². The van der Waals surface area contributed by atoms with Crippen molar-refractivity contribution < 1.29 is 14.3 Å². The van der Waals surface area contributed by atoms with Gasteiger partial charge in [0.15, 0.2) is 11.5 Å². The molecule has 1 fully saturated rings. The van der Waals surface area contributed by atoms with E-state index >= 15 is 0 Å². The van der Waals surface area contributed by atoms with Crippen LogP contribution in [0.2, 0.25) is 0 Å². The van der Waals surface area contributed by atoms with E-state index in [4.69, 9.17) is 14.7 Å². The van der Waals surface area contributed by atoms with Gasteiger partial charge in [-0.15, -0.1) is 0 Å². The second-order valence-corrected chi connectivity index (χ2v) is 7.47. The number of anilines is 2. The number of nitriles is 1. The molecule has 170 valence electrons. The van der Waals surface area contributed by atoms with Crippen molar-refractivity contribution in [1.82, 2.24) is 14.9 Å². The summed E-state index contributed by atoms with van der Waals surface area (Å²) < 4.78 is 11.5. The maximum atomic E-state index is 12.7. The molecule has 2 amide bonds. The molecule has 0 radical (unpaired) electrons. The third kappa shape index (κ3) is 4.90. The van der Waals surface area contributed by atoms with Gasteiger partial charge in [-0.1, -0.05) is 0 Å². The Morgan fingerprint density at radius 3 is 2.33 bits per heavy atom. The Hall–Kier alpha value is -4.06. The van der Waals surface area contributed by atoms with Crippen LogP contribution in [0.15, 0.2) is 42.7 Å². The minimum atomic E-state index is -0.160. The van der Waals surface area contributed by atoms with Crippen molar-refractivity contribution in [2.24, 2.45) is 0 Å². The maximum Gasteiger partial charge on any atom is 0.321 e. The molecule has 9 heteroatoms. The number of urea groups is 1. The number of aromatic nitrogens is 2. The Bertz CT molecular complexity index is 1170. The number of carbonyl (C=O) groups is 1. The Morgan fingerprint density at radius 1 is 1.03 bits per heavy atom. The summed E-state index contributed by atoms with van der Waals surface area (Å²) >= 11 is 0. The molecule has 0 bridgehead atoms. The smallest absolute Gasteiger partial charge is 0.321 e. The molecule has 0 saturated carbocycles. The molecule has 0 atom stereocenters. The molecule has 0 unspecified atom stereocenters. The third-order valence-corrected chi connectivity index (χ3v) is 5.41. The van der Waals surface area contributed by atoms with E-state index in [1.807, 2.05) is 26.0 Å². The molecule has 1 aromatic heterocycles. The average molecular weight is 447 g/mol. The first-order valence-corrected chi connectivity index (χ1v) is 11.0. The van der Waals surface area contributed by atoms with Crippen LogP contribution in [0.25, 0.3) is 10.9 Å². The van der Waals surface area contributed by atoms with Crippen LogP contribution in [0.5, 0.6) is 11.5 Å². The molecule has 3 aromatic rings. The number of piperazine rings is 1. The standard InChI is InChI=1S/C24H26N6O3/c1-3-32-21-13-19-20(14-22(21)33-4-2)26-16-27-23(19)29-9-11-30(12-10-29)24(31)28-18-7-5-17(15-25)6-8-18/h5-8,13-14,16H,3-4,9-12H2,1-2H3,(H,28,31). The summed E-state index contributed by atoms with van der Waals surface area (Å²) in [5, 5.41) is 12.7. The van der Waals surface area contributed by atoms with Crippen LogP contribution in [-0.4, -0.2) is 60.3 Å². The summed E-state index contributed by atoms with van der Waals surface area (Å²) in [5.41, 5.74) is 2.00. The van der Waals surface area contributed by atoms with E-state index in [0.717, 1.165) is 16.7 Å². The number of benzene rings is 2. The monoisotopic (exact) mass is 446 g/mol. The van der Waals surface area contributed by atoms with Crippen LogP contribution in [0.3, 0.4) is 0 Å². The second kappa shape index (κ2) is 10.0.